The van der Waals surface area contributed by atoms with Crippen molar-refractivity contribution in [2.75, 3.05) is 6.54 Å². The van der Waals surface area contributed by atoms with E-state index in [1.165, 1.54) is 0 Å². The van der Waals surface area contributed by atoms with E-state index < -0.39 is 0 Å². The molecule has 3 nitrogen and oxygen atoms in total. The van der Waals surface area contributed by atoms with Gasteiger partial charge in [0.25, 0.3) is 0 Å². The number of aryl methyl sites for hydroxylation is 1. The fourth-order valence-corrected chi connectivity index (χ4v) is 2.28. The van der Waals surface area contributed by atoms with Gasteiger partial charge in [-0.2, -0.15) is 0 Å². The van der Waals surface area contributed by atoms with Crippen LogP contribution in [0.1, 0.15) is 37.0 Å². The Kier molecular flexibility index (Phi) is 5.00. The van der Waals surface area contributed by atoms with Gasteiger partial charge in [-0.1, -0.05) is 25.4 Å². The smallest absolute Gasteiger partial charge is 0.121 e. The molecule has 0 aromatic carbocycles. The van der Waals surface area contributed by atoms with Crippen LogP contribution in [0.25, 0.3) is 0 Å². The molecule has 0 spiro atoms. The van der Waals surface area contributed by atoms with Crippen molar-refractivity contribution >= 4 is 11.6 Å². The first kappa shape index (κ1) is 14.1. The fraction of sp³-hybridized carbons (Fsp3) is 0.400. The van der Waals surface area contributed by atoms with Crippen LogP contribution >= 0.6 is 11.6 Å². The highest BCUT2D eigenvalue weighted by atomic mass is 35.5. The predicted molar refractivity (Wildman–Crippen MR) is 77.5 cm³/mol. The van der Waals surface area contributed by atoms with Gasteiger partial charge in [0, 0.05) is 18.8 Å². The summed E-state index contributed by atoms with van der Waals surface area (Å²) < 4.78 is 5.84. The van der Waals surface area contributed by atoms with Gasteiger partial charge in [-0.15, -0.1) is 0 Å². The number of nitrogens with zero attached hydrogens (tertiary/aromatic N) is 1. The molecular weight excluding hydrogens is 260 g/mol. The average molecular weight is 279 g/mol. The SMILES string of the molecule is CCNC(Cc1ccncc1Cl)c1ccc(CC)o1. The first-order valence-corrected chi connectivity index (χ1v) is 7.02. The minimum atomic E-state index is 0.144. The van der Waals surface area contributed by atoms with Crippen molar-refractivity contribution in [3.05, 3.63) is 52.7 Å². The zero-order valence-corrected chi connectivity index (χ0v) is 12.1. The molecule has 2 aromatic rings. The van der Waals surface area contributed by atoms with Gasteiger partial charge in [0.15, 0.2) is 0 Å². The molecular formula is C15H19ClN2O. The van der Waals surface area contributed by atoms with Gasteiger partial charge < -0.3 is 9.73 Å². The van der Waals surface area contributed by atoms with Gasteiger partial charge in [-0.05, 0) is 36.7 Å². The van der Waals surface area contributed by atoms with Crippen LogP contribution in [0.3, 0.4) is 0 Å². The minimum Gasteiger partial charge on any atom is -0.464 e. The van der Waals surface area contributed by atoms with E-state index in [4.69, 9.17) is 16.0 Å². The largest absolute Gasteiger partial charge is 0.464 e. The second-order valence-electron chi connectivity index (χ2n) is 4.44. The van der Waals surface area contributed by atoms with E-state index in [-0.39, 0.29) is 6.04 Å². The summed E-state index contributed by atoms with van der Waals surface area (Å²) >= 11 is 6.17. The third-order valence-electron chi connectivity index (χ3n) is 3.11. The summed E-state index contributed by atoms with van der Waals surface area (Å²) in [6.45, 7) is 5.06. The van der Waals surface area contributed by atoms with E-state index in [9.17, 15) is 0 Å². The first-order chi connectivity index (χ1) is 9.24. The molecule has 4 heteroatoms. The molecule has 0 aliphatic carbocycles. The molecule has 1 atom stereocenters. The Morgan fingerprint density at radius 1 is 1.32 bits per heavy atom. The lowest BCUT2D eigenvalue weighted by atomic mass is 10.1. The Morgan fingerprint density at radius 3 is 2.79 bits per heavy atom. The van der Waals surface area contributed by atoms with E-state index in [1.54, 1.807) is 12.4 Å². The molecule has 0 bridgehead atoms. The van der Waals surface area contributed by atoms with Crippen LogP contribution in [-0.4, -0.2) is 11.5 Å². The molecule has 2 heterocycles. The van der Waals surface area contributed by atoms with Gasteiger partial charge in [0.2, 0.25) is 0 Å². The second kappa shape index (κ2) is 6.73. The van der Waals surface area contributed by atoms with Crippen LogP contribution in [0.4, 0.5) is 0 Å². The van der Waals surface area contributed by atoms with Crippen LogP contribution in [0, 0.1) is 0 Å². The summed E-state index contributed by atoms with van der Waals surface area (Å²) in [6, 6.07) is 6.18. The Labute approximate surface area is 119 Å². The molecule has 0 saturated carbocycles. The molecule has 0 fully saturated rings. The fourth-order valence-electron chi connectivity index (χ4n) is 2.08. The highest BCUT2D eigenvalue weighted by molar-refractivity contribution is 6.31. The van der Waals surface area contributed by atoms with Crippen molar-refractivity contribution in [3.63, 3.8) is 0 Å². The Morgan fingerprint density at radius 2 is 2.16 bits per heavy atom. The third kappa shape index (κ3) is 3.58. The van der Waals surface area contributed by atoms with Crippen molar-refractivity contribution in [1.82, 2.24) is 10.3 Å². The van der Waals surface area contributed by atoms with Gasteiger partial charge >= 0.3 is 0 Å². The Hall–Kier alpha value is -1.32. The standard InChI is InChI=1S/C15H19ClN2O/c1-3-12-5-6-15(19-12)14(18-4-2)9-11-7-8-17-10-13(11)16/h5-8,10,14,18H,3-4,9H2,1-2H3. The number of pyridine rings is 1. The molecule has 0 aliphatic heterocycles. The van der Waals surface area contributed by atoms with Crippen LogP contribution in [0.15, 0.2) is 35.0 Å². The van der Waals surface area contributed by atoms with Gasteiger partial charge in [-0.3, -0.25) is 4.98 Å². The van der Waals surface area contributed by atoms with Gasteiger partial charge in [-0.25, -0.2) is 0 Å². The van der Waals surface area contributed by atoms with Crippen molar-refractivity contribution in [2.24, 2.45) is 0 Å². The Bertz CT molecular complexity index is 524. The van der Waals surface area contributed by atoms with Crippen molar-refractivity contribution in [2.45, 2.75) is 32.7 Å². The van der Waals surface area contributed by atoms with E-state index in [2.05, 4.69) is 24.1 Å². The number of aromatic nitrogens is 1. The maximum atomic E-state index is 6.17. The number of hydrogen-bond donors (Lipinski definition) is 1. The molecule has 0 amide bonds. The van der Waals surface area contributed by atoms with Gasteiger partial charge in [0.05, 0.1) is 11.1 Å². The zero-order chi connectivity index (χ0) is 13.7. The van der Waals surface area contributed by atoms with Crippen molar-refractivity contribution in [3.8, 4) is 0 Å². The Balaban J connectivity index is 2.18. The van der Waals surface area contributed by atoms with E-state index in [0.717, 1.165) is 36.5 Å². The minimum absolute atomic E-state index is 0.144. The van der Waals surface area contributed by atoms with E-state index >= 15 is 0 Å². The van der Waals surface area contributed by atoms with Gasteiger partial charge in [0.1, 0.15) is 11.5 Å². The summed E-state index contributed by atoms with van der Waals surface area (Å²) in [6.07, 6.45) is 5.16. The first-order valence-electron chi connectivity index (χ1n) is 6.65. The van der Waals surface area contributed by atoms with Crippen LogP contribution in [0.5, 0.6) is 0 Å². The molecule has 0 aliphatic rings. The molecule has 19 heavy (non-hydrogen) atoms. The summed E-state index contributed by atoms with van der Waals surface area (Å²) in [7, 11) is 0. The number of furan rings is 1. The molecule has 1 N–H and O–H groups in total. The lowest BCUT2D eigenvalue weighted by Crippen LogP contribution is -2.22. The lowest BCUT2D eigenvalue weighted by molar-refractivity contribution is 0.396. The van der Waals surface area contributed by atoms with Crippen LogP contribution in [-0.2, 0) is 12.8 Å². The third-order valence-corrected chi connectivity index (χ3v) is 3.45. The second-order valence-corrected chi connectivity index (χ2v) is 4.85. The number of halogens is 1. The average Bonchev–Trinajstić information content (AvgIpc) is 2.89. The topological polar surface area (TPSA) is 38.1 Å². The summed E-state index contributed by atoms with van der Waals surface area (Å²) in [5.41, 5.74) is 1.08. The number of rotatable bonds is 6. The predicted octanol–water partition coefficient (Wildman–Crippen LogP) is 3.78. The molecule has 2 rings (SSSR count). The number of nitrogens with one attached hydrogen (secondary N) is 1. The molecule has 0 radical (unpaired) electrons. The van der Waals surface area contributed by atoms with Crippen LogP contribution in [0.2, 0.25) is 5.02 Å². The maximum absolute atomic E-state index is 6.17. The number of hydrogen-bond acceptors (Lipinski definition) is 3. The summed E-state index contributed by atoms with van der Waals surface area (Å²) in [5.74, 6) is 1.98. The summed E-state index contributed by atoms with van der Waals surface area (Å²) in [4.78, 5) is 4.01. The van der Waals surface area contributed by atoms with E-state index in [1.807, 2.05) is 18.2 Å². The lowest BCUT2D eigenvalue weighted by Gasteiger charge is -2.16. The molecule has 0 saturated heterocycles. The highest BCUT2D eigenvalue weighted by Gasteiger charge is 2.16. The number of likely N-dealkylation sites (N-methyl/N-ethyl adjacent to an activating group) is 1. The quantitative estimate of drug-likeness (QED) is 0.874. The van der Waals surface area contributed by atoms with Crippen molar-refractivity contribution < 1.29 is 4.42 Å². The zero-order valence-electron chi connectivity index (χ0n) is 11.3. The van der Waals surface area contributed by atoms with Crippen LogP contribution < -0.4 is 5.32 Å². The molecule has 102 valence electrons. The van der Waals surface area contributed by atoms with Crippen molar-refractivity contribution in [1.29, 1.82) is 0 Å². The molecule has 1 unspecified atom stereocenters. The monoisotopic (exact) mass is 278 g/mol. The maximum Gasteiger partial charge on any atom is 0.121 e. The summed E-state index contributed by atoms with van der Waals surface area (Å²) in [5, 5.41) is 4.14. The highest BCUT2D eigenvalue weighted by Crippen LogP contribution is 2.24. The van der Waals surface area contributed by atoms with E-state index in [0.29, 0.717) is 5.02 Å². The normalized spacial score (nSPS) is 12.6. The molecule has 2 aromatic heterocycles.